The van der Waals surface area contributed by atoms with Gasteiger partial charge in [-0.05, 0) is 44.9 Å². The molecule has 0 aliphatic rings. The minimum atomic E-state index is -0.881. The summed E-state index contributed by atoms with van der Waals surface area (Å²) in [6.07, 6.45) is 46.2. The van der Waals surface area contributed by atoms with Crippen molar-refractivity contribution < 1.29 is 38.2 Å². The third-order valence-corrected chi connectivity index (χ3v) is 10.5. The molecule has 0 radical (unpaired) electrons. The molecular formula is C49H90NO7+. The topological polar surface area (TPSA) is 99.1 Å². The van der Waals surface area contributed by atoms with E-state index in [1.165, 1.54) is 128 Å². The number of quaternary nitrogens is 1. The highest BCUT2D eigenvalue weighted by Crippen LogP contribution is 2.15. The molecule has 8 nitrogen and oxygen atoms in total. The summed E-state index contributed by atoms with van der Waals surface area (Å²) in [5.41, 5.74) is 0. The van der Waals surface area contributed by atoms with Crippen LogP contribution in [0.25, 0.3) is 0 Å². The molecule has 0 bridgehead atoms. The number of carboxylic acids is 1. The number of esters is 2. The highest BCUT2D eigenvalue weighted by Gasteiger charge is 2.31. The fourth-order valence-corrected chi connectivity index (χ4v) is 6.87. The van der Waals surface area contributed by atoms with E-state index in [0.29, 0.717) is 19.3 Å². The number of hydrogen-bond acceptors (Lipinski definition) is 6. The second-order valence-corrected chi connectivity index (χ2v) is 17.0. The number of hydrogen-bond donors (Lipinski definition) is 1. The molecule has 0 saturated carbocycles. The summed E-state index contributed by atoms with van der Waals surface area (Å²) in [7, 11) is 5.51. The van der Waals surface area contributed by atoms with Crippen molar-refractivity contribution in [3.8, 4) is 0 Å². The SMILES string of the molecule is CCCCCCCC/C=C/C/C=C/C/C=C/CCCC(=O)OC(COCCC(C(=O)O)[N+](C)(C)C)COC(=O)CCCCCCCCCCCCCCCCCC. The highest BCUT2D eigenvalue weighted by atomic mass is 16.6. The first-order valence-corrected chi connectivity index (χ1v) is 23.5. The Morgan fingerprint density at radius 1 is 0.526 bits per heavy atom. The van der Waals surface area contributed by atoms with E-state index in [9.17, 15) is 19.5 Å². The second kappa shape index (κ2) is 40.3. The van der Waals surface area contributed by atoms with Crippen LogP contribution in [-0.2, 0) is 28.6 Å². The zero-order valence-electron chi connectivity index (χ0n) is 37.8. The quantitative estimate of drug-likeness (QED) is 0.0284. The lowest BCUT2D eigenvalue weighted by Gasteiger charge is -2.31. The van der Waals surface area contributed by atoms with Gasteiger partial charge in [0.2, 0.25) is 0 Å². The van der Waals surface area contributed by atoms with Crippen LogP contribution >= 0.6 is 0 Å². The Kier molecular flexibility index (Phi) is 38.6. The second-order valence-electron chi connectivity index (χ2n) is 17.0. The molecule has 2 atom stereocenters. The van der Waals surface area contributed by atoms with E-state index in [1.54, 1.807) is 0 Å². The third kappa shape index (κ3) is 38.8. The Balaban J connectivity index is 4.38. The van der Waals surface area contributed by atoms with E-state index in [1.807, 2.05) is 21.1 Å². The van der Waals surface area contributed by atoms with Gasteiger partial charge in [-0.15, -0.1) is 0 Å². The van der Waals surface area contributed by atoms with Crippen molar-refractivity contribution in [2.24, 2.45) is 0 Å². The lowest BCUT2D eigenvalue weighted by molar-refractivity contribution is -0.887. The average Bonchev–Trinajstić information content (AvgIpc) is 3.17. The van der Waals surface area contributed by atoms with Gasteiger partial charge in [-0.3, -0.25) is 9.59 Å². The zero-order valence-corrected chi connectivity index (χ0v) is 37.8. The Morgan fingerprint density at radius 3 is 1.42 bits per heavy atom. The Bertz CT molecular complexity index is 1030. The number of ether oxygens (including phenoxy) is 3. The summed E-state index contributed by atoms with van der Waals surface area (Å²) in [5, 5.41) is 9.63. The van der Waals surface area contributed by atoms with Crippen molar-refractivity contribution in [3.05, 3.63) is 36.5 Å². The molecule has 8 heteroatoms. The fourth-order valence-electron chi connectivity index (χ4n) is 6.87. The molecule has 0 aliphatic heterocycles. The van der Waals surface area contributed by atoms with Gasteiger partial charge in [0.05, 0.1) is 34.4 Å². The summed E-state index contributed by atoms with van der Waals surface area (Å²) in [6, 6.07) is -0.622. The number of carbonyl (C=O) groups is 3. The molecule has 0 aromatic rings. The number of aliphatic carboxylic acids is 1. The van der Waals surface area contributed by atoms with E-state index in [2.05, 4.69) is 50.3 Å². The summed E-state index contributed by atoms with van der Waals surface area (Å²) in [4.78, 5) is 37.0. The van der Waals surface area contributed by atoms with Crippen LogP contribution in [0.15, 0.2) is 36.5 Å². The maximum absolute atomic E-state index is 12.7. The standard InChI is InChI=1S/C49H89NO7/c1-6-8-10-12-14-16-18-20-22-24-26-28-30-32-34-36-38-40-48(52)57-45(43-55-42-41-46(49(53)54)50(3,4)5)44-56-47(51)39-37-35-33-31-29-27-25-23-21-19-17-15-13-11-9-7-2/h20,22,26,28,32,34,45-46H,6-19,21,23-25,27,29-31,33,35-44H2,1-5H3/p+1/b22-20+,28-26+,34-32+. The van der Waals surface area contributed by atoms with Crippen LogP contribution in [0.3, 0.4) is 0 Å². The molecule has 0 aliphatic carbocycles. The van der Waals surface area contributed by atoms with Gasteiger partial charge in [0.15, 0.2) is 12.1 Å². The predicted molar refractivity (Wildman–Crippen MR) is 238 cm³/mol. The van der Waals surface area contributed by atoms with Crippen LogP contribution in [0.2, 0.25) is 0 Å². The van der Waals surface area contributed by atoms with Gasteiger partial charge in [-0.1, -0.05) is 179 Å². The van der Waals surface area contributed by atoms with Crippen molar-refractivity contribution in [1.82, 2.24) is 0 Å². The van der Waals surface area contributed by atoms with Gasteiger partial charge in [0, 0.05) is 19.3 Å². The summed E-state index contributed by atoms with van der Waals surface area (Å²) in [5.74, 6) is -1.53. The van der Waals surface area contributed by atoms with Crippen molar-refractivity contribution in [3.63, 3.8) is 0 Å². The number of carbonyl (C=O) groups excluding carboxylic acids is 2. The number of rotatable bonds is 42. The fraction of sp³-hybridized carbons (Fsp3) is 0.816. The number of unbranched alkanes of at least 4 members (excludes halogenated alkanes) is 22. The maximum Gasteiger partial charge on any atom is 0.362 e. The molecule has 0 aromatic heterocycles. The molecule has 332 valence electrons. The number of nitrogens with zero attached hydrogens (tertiary/aromatic N) is 1. The van der Waals surface area contributed by atoms with E-state index in [4.69, 9.17) is 14.2 Å². The first-order chi connectivity index (χ1) is 27.6. The van der Waals surface area contributed by atoms with Crippen molar-refractivity contribution in [2.75, 3.05) is 41.0 Å². The zero-order chi connectivity index (χ0) is 42.1. The lowest BCUT2D eigenvalue weighted by Crippen LogP contribution is -2.50. The Labute approximate surface area is 351 Å². The first-order valence-electron chi connectivity index (χ1n) is 23.5. The summed E-state index contributed by atoms with van der Waals surface area (Å²) >= 11 is 0. The number of likely N-dealkylation sites (N-methyl/N-ethyl adjacent to an activating group) is 1. The van der Waals surface area contributed by atoms with Gasteiger partial charge in [-0.2, -0.15) is 0 Å². The van der Waals surface area contributed by atoms with E-state index in [0.717, 1.165) is 38.5 Å². The van der Waals surface area contributed by atoms with Gasteiger partial charge in [0.1, 0.15) is 6.61 Å². The normalized spacial score (nSPS) is 13.2. The molecule has 0 aromatic carbocycles. The van der Waals surface area contributed by atoms with E-state index >= 15 is 0 Å². The lowest BCUT2D eigenvalue weighted by atomic mass is 10.0. The molecule has 0 saturated heterocycles. The Hall–Kier alpha value is -2.45. The molecule has 0 spiro atoms. The Morgan fingerprint density at radius 2 is 0.947 bits per heavy atom. The molecule has 0 fully saturated rings. The molecule has 0 amide bonds. The molecular weight excluding hydrogens is 715 g/mol. The predicted octanol–water partition coefficient (Wildman–Crippen LogP) is 13.0. The van der Waals surface area contributed by atoms with Crippen LogP contribution in [0.5, 0.6) is 0 Å². The molecule has 2 unspecified atom stereocenters. The largest absolute Gasteiger partial charge is 0.477 e. The minimum Gasteiger partial charge on any atom is -0.477 e. The summed E-state index contributed by atoms with van der Waals surface area (Å²) < 4.78 is 17.3. The summed E-state index contributed by atoms with van der Waals surface area (Å²) in [6.45, 7) is 4.69. The molecule has 0 rings (SSSR count). The molecule has 0 heterocycles. The van der Waals surface area contributed by atoms with E-state index in [-0.39, 0.29) is 42.7 Å². The maximum atomic E-state index is 12.7. The van der Waals surface area contributed by atoms with Crippen LogP contribution < -0.4 is 0 Å². The van der Waals surface area contributed by atoms with Crippen molar-refractivity contribution in [1.29, 1.82) is 0 Å². The molecule has 57 heavy (non-hydrogen) atoms. The van der Waals surface area contributed by atoms with E-state index < -0.39 is 18.1 Å². The van der Waals surface area contributed by atoms with Gasteiger partial charge in [0.25, 0.3) is 0 Å². The van der Waals surface area contributed by atoms with Crippen molar-refractivity contribution >= 4 is 17.9 Å². The number of allylic oxidation sites excluding steroid dienone is 6. The van der Waals surface area contributed by atoms with Gasteiger partial charge < -0.3 is 23.8 Å². The monoisotopic (exact) mass is 805 g/mol. The van der Waals surface area contributed by atoms with Crippen LogP contribution in [-0.4, -0.2) is 80.6 Å². The first kappa shape index (κ1) is 54.6. The van der Waals surface area contributed by atoms with Crippen LogP contribution in [0, 0.1) is 0 Å². The van der Waals surface area contributed by atoms with Crippen molar-refractivity contribution in [2.45, 2.75) is 219 Å². The average molecular weight is 805 g/mol. The van der Waals surface area contributed by atoms with Gasteiger partial charge >= 0.3 is 17.9 Å². The molecule has 1 N–H and O–H groups in total. The minimum absolute atomic E-state index is 0.0437. The van der Waals surface area contributed by atoms with Crippen LogP contribution in [0.1, 0.15) is 206 Å². The highest BCUT2D eigenvalue weighted by molar-refractivity contribution is 5.72. The number of carboxylic acid groups (broad SMARTS) is 1. The third-order valence-electron chi connectivity index (χ3n) is 10.5. The van der Waals surface area contributed by atoms with Gasteiger partial charge in [-0.25, -0.2) is 4.79 Å². The van der Waals surface area contributed by atoms with Crippen LogP contribution in [0.4, 0.5) is 0 Å². The smallest absolute Gasteiger partial charge is 0.362 e.